The van der Waals surface area contributed by atoms with Crippen LogP contribution in [0.1, 0.15) is 54.1 Å². The number of aromatic nitrogens is 2. The SMILES string of the molecule is O=C(NCC1CC1)c1cc(N2CCC(O)C2)nc(N2CCCC(c3ccccc3)C2)n1. The molecule has 31 heavy (non-hydrogen) atoms. The van der Waals surface area contributed by atoms with Crippen LogP contribution < -0.4 is 15.1 Å². The number of piperidine rings is 1. The van der Waals surface area contributed by atoms with Crippen LogP contribution in [-0.4, -0.2) is 59.8 Å². The molecule has 3 heterocycles. The van der Waals surface area contributed by atoms with E-state index in [0.717, 1.165) is 51.3 Å². The van der Waals surface area contributed by atoms with Crippen molar-refractivity contribution < 1.29 is 9.90 Å². The maximum Gasteiger partial charge on any atom is 0.270 e. The Hall–Kier alpha value is -2.67. The van der Waals surface area contributed by atoms with Crippen molar-refractivity contribution in [3.63, 3.8) is 0 Å². The van der Waals surface area contributed by atoms with Gasteiger partial charge in [-0.3, -0.25) is 4.79 Å². The van der Waals surface area contributed by atoms with Gasteiger partial charge in [0.15, 0.2) is 0 Å². The zero-order valence-corrected chi connectivity index (χ0v) is 17.9. The van der Waals surface area contributed by atoms with Gasteiger partial charge < -0.3 is 20.2 Å². The fraction of sp³-hybridized carbons (Fsp3) is 0.542. The van der Waals surface area contributed by atoms with Crippen molar-refractivity contribution >= 4 is 17.7 Å². The molecule has 7 heteroatoms. The highest BCUT2D eigenvalue weighted by atomic mass is 16.3. The summed E-state index contributed by atoms with van der Waals surface area (Å²) in [6, 6.07) is 12.4. The van der Waals surface area contributed by atoms with E-state index >= 15 is 0 Å². The molecule has 2 N–H and O–H groups in total. The van der Waals surface area contributed by atoms with E-state index in [9.17, 15) is 9.90 Å². The van der Waals surface area contributed by atoms with Crippen molar-refractivity contribution in [2.45, 2.75) is 44.1 Å². The second-order valence-electron chi connectivity index (χ2n) is 9.15. The Morgan fingerprint density at radius 1 is 1.03 bits per heavy atom. The molecule has 1 aliphatic carbocycles. The number of aliphatic hydroxyl groups excluding tert-OH is 1. The lowest BCUT2D eigenvalue weighted by molar-refractivity contribution is 0.0946. The zero-order valence-electron chi connectivity index (χ0n) is 17.9. The van der Waals surface area contributed by atoms with Gasteiger partial charge in [-0.05, 0) is 43.6 Å². The number of nitrogens with one attached hydrogen (secondary N) is 1. The Kier molecular flexibility index (Phi) is 5.76. The highest BCUT2D eigenvalue weighted by Gasteiger charge is 2.28. The van der Waals surface area contributed by atoms with Gasteiger partial charge in [0.2, 0.25) is 5.95 Å². The summed E-state index contributed by atoms with van der Waals surface area (Å²) < 4.78 is 0. The van der Waals surface area contributed by atoms with Gasteiger partial charge in [-0.25, -0.2) is 4.98 Å². The van der Waals surface area contributed by atoms with Crippen LogP contribution in [0.3, 0.4) is 0 Å². The van der Waals surface area contributed by atoms with E-state index in [0.29, 0.717) is 30.0 Å². The lowest BCUT2D eigenvalue weighted by Gasteiger charge is -2.33. The number of β-amino-alcohol motifs (C(OH)–C–C–N with tert-alkyl or cyclic N) is 1. The first-order valence-corrected chi connectivity index (χ1v) is 11.6. The lowest BCUT2D eigenvalue weighted by atomic mass is 9.91. The van der Waals surface area contributed by atoms with Crippen LogP contribution >= 0.6 is 0 Å². The van der Waals surface area contributed by atoms with E-state index in [1.807, 2.05) is 6.07 Å². The summed E-state index contributed by atoms with van der Waals surface area (Å²) in [5.41, 5.74) is 1.76. The number of hydrogen-bond acceptors (Lipinski definition) is 6. The number of aliphatic hydroxyl groups is 1. The normalized spacial score (nSPS) is 23.8. The predicted molar refractivity (Wildman–Crippen MR) is 121 cm³/mol. The molecule has 7 nitrogen and oxygen atoms in total. The second-order valence-corrected chi connectivity index (χ2v) is 9.15. The van der Waals surface area contributed by atoms with Crippen LogP contribution in [0.4, 0.5) is 11.8 Å². The Bertz CT molecular complexity index is 917. The first-order chi connectivity index (χ1) is 15.2. The average Bonchev–Trinajstić information content (AvgIpc) is 3.55. The van der Waals surface area contributed by atoms with E-state index < -0.39 is 0 Å². The average molecular weight is 422 g/mol. The zero-order chi connectivity index (χ0) is 21.2. The molecule has 164 valence electrons. The van der Waals surface area contributed by atoms with E-state index in [2.05, 4.69) is 44.4 Å². The van der Waals surface area contributed by atoms with Crippen LogP contribution in [0.2, 0.25) is 0 Å². The molecule has 3 fully saturated rings. The largest absolute Gasteiger partial charge is 0.391 e. The van der Waals surface area contributed by atoms with Gasteiger partial charge in [-0.1, -0.05) is 30.3 Å². The topological polar surface area (TPSA) is 81.6 Å². The van der Waals surface area contributed by atoms with Crippen LogP contribution in [0.15, 0.2) is 36.4 Å². The van der Waals surface area contributed by atoms with Crippen LogP contribution in [0.5, 0.6) is 0 Å². The number of rotatable bonds is 6. The molecule has 0 spiro atoms. The third-order valence-corrected chi connectivity index (χ3v) is 6.64. The van der Waals surface area contributed by atoms with Gasteiger partial charge in [0.25, 0.3) is 5.91 Å². The number of hydrogen-bond donors (Lipinski definition) is 2. The first-order valence-electron chi connectivity index (χ1n) is 11.6. The molecule has 1 amide bonds. The number of anilines is 2. The first kappa shape index (κ1) is 20.2. The van der Waals surface area contributed by atoms with Crippen LogP contribution in [-0.2, 0) is 0 Å². The third kappa shape index (κ3) is 4.82. The molecule has 5 rings (SSSR count). The summed E-state index contributed by atoms with van der Waals surface area (Å²) in [5, 5.41) is 13.0. The smallest absolute Gasteiger partial charge is 0.270 e. The summed E-state index contributed by atoms with van der Waals surface area (Å²) in [7, 11) is 0. The van der Waals surface area contributed by atoms with Gasteiger partial charge >= 0.3 is 0 Å². The van der Waals surface area contributed by atoms with Gasteiger partial charge in [-0.15, -0.1) is 0 Å². The molecule has 1 saturated carbocycles. The molecule has 0 bridgehead atoms. The van der Waals surface area contributed by atoms with Gasteiger partial charge in [0.1, 0.15) is 11.5 Å². The number of carbonyl (C=O) groups is 1. The third-order valence-electron chi connectivity index (χ3n) is 6.64. The summed E-state index contributed by atoms with van der Waals surface area (Å²) in [6.07, 6.45) is 4.99. The van der Waals surface area contributed by atoms with Crippen molar-refractivity contribution in [1.29, 1.82) is 0 Å². The number of benzene rings is 1. The van der Waals surface area contributed by atoms with Gasteiger partial charge in [0, 0.05) is 44.7 Å². The minimum Gasteiger partial charge on any atom is -0.391 e. The lowest BCUT2D eigenvalue weighted by Crippen LogP contribution is -2.37. The molecule has 2 unspecified atom stereocenters. The van der Waals surface area contributed by atoms with Crippen molar-refractivity contribution in [2.75, 3.05) is 42.5 Å². The van der Waals surface area contributed by atoms with Crippen molar-refractivity contribution in [3.8, 4) is 0 Å². The van der Waals surface area contributed by atoms with E-state index in [4.69, 9.17) is 4.98 Å². The molecule has 3 aliphatic rings. The maximum absolute atomic E-state index is 12.8. The fourth-order valence-electron chi connectivity index (χ4n) is 4.60. The highest BCUT2D eigenvalue weighted by Crippen LogP contribution is 2.30. The molecule has 1 aromatic heterocycles. The Labute approximate surface area is 183 Å². The van der Waals surface area contributed by atoms with Crippen molar-refractivity contribution in [1.82, 2.24) is 15.3 Å². The number of amides is 1. The molecular weight excluding hydrogens is 390 g/mol. The van der Waals surface area contributed by atoms with Gasteiger partial charge in [-0.2, -0.15) is 4.98 Å². The molecule has 2 aromatic rings. The quantitative estimate of drug-likeness (QED) is 0.746. The Balaban J connectivity index is 1.40. The van der Waals surface area contributed by atoms with Crippen molar-refractivity contribution in [3.05, 3.63) is 47.7 Å². The standard InChI is InChI=1S/C24H31N5O2/c30-20-10-12-28(16-20)22-13-21(23(31)25-14-17-8-9-17)26-24(27-22)29-11-4-7-19(15-29)18-5-2-1-3-6-18/h1-3,5-6,13,17,19-20,30H,4,7-12,14-16H2,(H,25,31). The molecule has 2 saturated heterocycles. The molecule has 1 aromatic carbocycles. The molecule has 2 atom stereocenters. The maximum atomic E-state index is 12.8. The monoisotopic (exact) mass is 421 g/mol. The van der Waals surface area contributed by atoms with Crippen LogP contribution in [0, 0.1) is 5.92 Å². The second kappa shape index (κ2) is 8.83. The summed E-state index contributed by atoms with van der Waals surface area (Å²) in [5.74, 6) is 2.28. The minimum absolute atomic E-state index is 0.131. The minimum atomic E-state index is -0.344. The molecule has 2 aliphatic heterocycles. The molecule has 0 radical (unpaired) electrons. The van der Waals surface area contributed by atoms with E-state index in [1.165, 1.54) is 18.4 Å². The molecular formula is C24H31N5O2. The van der Waals surface area contributed by atoms with E-state index in [-0.39, 0.29) is 12.0 Å². The van der Waals surface area contributed by atoms with Gasteiger partial charge in [0.05, 0.1) is 6.10 Å². The van der Waals surface area contributed by atoms with Crippen LogP contribution in [0.25, 0.3) is 0 Å². The van der Waals surface area contributed by atoms with Crippen molar-refractivity contribution in [2.24, 2.45) is 5.92 Å². The van der Waals surface area contributed by atoms with E-state index in [1.54, 1.807) is 6.07 Å². The Morgan fingerprint density at radius 2 is 1.87 bits per heavy atom. The summed E-state index contributed by atoms with van der Waals surface area (Å²) >= 11 is 0. The Morgan fingerprint density at radius 3 is 2.61 bits per heavy atom. The number of nitrogens with zero attached hydrogens (tertiary/aromatic N) is 4. The summed E-state index contributed by atoms with van der Waals surface area (Å²) in [6.45, 7) is 3.74. The number of carbonyl (C=O) groups excluding carboxylic acids is 1. The fourth-order valence-corrected chi connectivity index (χ4v) is 4.60. The highest BCUT2D eigenvalue weighted by molar-refractivity contribution is 5.93. The summed E-state index contributed by atoms with van der Waals surface area (Å²) in [4.78, 5) is 26.6. The predicted octanol–water partition coefficient (Wildman–Crippen LogP) is 2.57.